The summed E-state index contributed by atoms with van der Waals surface area (Å²) in [4.78, 5) is 34.4. The van der Waals surface area contributed by atoms with Crippen molar-refractivity contribution in [3.63, 3.8) is 0 Å². The Hall–Kier alpha value is -1.87. The Bertz CT molecular complexity index is 634. The van der Waals surface area contributed by atoms with Crippen molar-refractivity contribution in [1.29, 1.82) is 0 Å². The third-order valence-corrected chi connectivity index (χ3v) is 4.82. The highest BCUT2D eigenvalue weighted by molar-refractivity contribution is 5.75. The fraction of sp³-hybridized carbons (Fsp3) is 0.812. The van der Waals surface area contributed by atoms with Crippen molar-refractivity contribution >= 4 is 17.8 Å². The second-order valence-electron chi connectivity index (χ2n) is 7.11. The summed E-state index contributed by atoms with van der Waals surface area (Å²) in [7, 11) is 0. The van der Waals surface area contributed by atoms with Crippen molar-refractivity contribution in [2.75, 3.05) is 0 Å². The van der Waals surface area contributed by atoms with Gasteiger partial charge in [-0.2, -0.15) is 0 Å². The standard InChI is InChI=1S/C16H27N3O10/c1-4-7(17)10(22)9(19-6(3)21)16(27-4)29-12-11(23)8(18-5(2)20)15(26)28-13(12)14(24)25/h4,7-13,15-16,22-23,26H,17H2,1-3H3,(H,18,20)(H,19,21)(H,24,25)/t4?,7-,8-,9-,10?,11?,12+,13?,15+,16-/m0/s1. The monoisotopic (exact) mass is 421 g/mol. The predicted octanol–water partition coefficient (Wildman–Crippen LogP) is -4.02. The molecule has 0 aromatic heterocycles. The van der Waals surface area contributed by atoms with Crippen molar-refractivity contribution in [3.8, 4) is 0 Å². The molecular formula is C16H27N3O10. The predicted molar refractivity (Wildman–Crippen MR) is 92.9 cm³/mol. The van der Waals surface area contributed by atoms with Gasteiger partial charge in [0.05, 0.1) is 18.2 Å². The number of carboxylic acids is 1. The highest BCUT2D eigenvalue weighted by atomic mass is 16.7. The lowest BCUT2D eigenvalue weighted by molar-refractivity contribution is -0.309. The van der Waals surface area contributed by atoms with E-state index in [9.17, 15) is 34.8 Å². The minimum absolute atomic E-state index is 0.533. The first-order valence-corrected chi connectivity index (χ1v) is 8.97. The summed E-state index contributed by atoms with van der Waals surface area (Å²) >= 11 is 0. The molecule has 0 radical (unpaired) electrons. The van der Waals surface area contributed by atoms with E-state index in [1.807, 2.05) is 0 Å². The van der Waals surface area contributed by atoms with Gasteiger partial charge in [-0.15, -0.1) is 0 Å². The lowest BCUT2D eigenvalue weighted by atomic mass is 9.94. The summed E-state index contributed by atoms with van der Waals surface area (Å²) in [6.45, 7) is 3.87. The van der Waals surface area contributed by atoms with Gasteiger partial charge in [-0.05, 0) is 6.92 Å². The Labute approximate surface area is 166 Å². The number of carboxylic acid groups (broad SMARTS) is 1. The van der Waals surface area contributed by atoms with E-state index in [0.717, 1.165) is 6.92 Å². The number of rotatable bonds is 5. The number of nitrogens with one attached hydrogen (secondary N) is 2. The summed E-state index contributed by atoms with van der Waals surface area (Å²) in [6.07, 6.45) is -10.4. The Morgan fingerprint density at radius 2 is 1.52 bits per heavy atom. The smallest absolute Gasteiger partial charge is 0.335 e. The Morgan fingerprint density at radius 1 is 0.966 bits per heavy atom. The Kier molecular flexibility index (Phi) is 7.50. The first kappa shape index (κ1) is 23.4. The molecule has 0 spiro atoms. The van der Waals surface area contributed by atoms with E-state index in [-0.39, 0.29) is 0 Å². The highest BCUT2D eigenvalue weighted by Gasteiger charge is 2.52. The number of amides is 2. The fourth-order valence-corrected chi connectivity index (χ4v) is 3.33. The topological polar surface area (TPSA) is 210 Å². The molecule has 10 atom stereocenters. The molecule has 13 nitrogen and oxygen atoms in total. The van der Waals surface area contributed by atoms with Gasteiger partial charge >= 0.3 is 5.97 Å². The number of hydrogen-bond acceptors (Lipinski definition) is 10. The minimum atomic E-state index is -1.82. The molecule has 13 heteroatoms. The van der Waals surface area contributed by atoms with Gasteiger partial charge in [0.1, 0.15) is 24.3 Å². The molecule has 2 rings (SSSR count). The lowest BCUT2D eigenvalue weighted by Crippen LogP contribution is -2.70. The maximum atomic E-state index is 11.6. The van der Waals surface area contributed by atoms with E-state index in [0.29, 0.717) is 0 Å². The summed E-state index contributed by atoms with van der Waals surface area (Å²) in [5, 5.41) is 45.0. The molecule has 0 saturated carbocycles. The number of nitrogens with two attached hydrogens (primary N) is 1. The summed E-state index contributed by atoms with van der Waals surface area (Å²) in [5.74, 6) is -2.69. The van der Waals surface area contributed by atoms with E-state index >= 15 is 0 Å². The molecule has 0 bridgehead atoms. The molecule has 2 aliphatic heterocycles. The van der Waals surface area contributed by atoms with E-state index < -0.39 is 79.0 Å². The molecule has 166 valence electrons. The number of aliphatic hydroxyl groups is 3. The second kappa shape index (κ2) is 9.30. The average Bonchev–Trinajstić information content (AvgIpc) is 2.61. The van der Waals surface area contributed by atoms with Crippen LogP contribution in [0.5, 0.6) is 0 Å². The van der Waals surface area contributed by atoms with E-state index in [1.165, 1.54) is 6.92 Å². The van der Waals surface area contributed by atoms with Crippen LogP contribution in [0.3, 0.4) is 0 Å². The molecular weight excluding hydrogens is 394 g/mol. The first-order chi connectivity index (χ1) is 13.4. The molecule has 2 saturated heterocycles. The SMILES string of the molecule is CC(=O)N[C@H]1C(O)[C@@H](N)C(C)O[C@H]1O[C@H]1C(C(=O)O)O[C@@H](O)[C@@H](NC(C)=O)C1O. The number of aliphatic carboxylic acids is 1. The van der Waals surface area contributed by atoms with Crippen molar-refractivity contribution in [2.24, 2.45) is 5.73 Å². The first-order valence-electron chi connectivity index (χ1n) is 8.97. The van der Waals surface area contributed by atoms with Crippen LogP contribution in [0, 0.1) is 0 Å². The van der Waals surface area contributed by atoms with Crippen LogP contribution in [0.1, 0.15) is 20.8 Å². The van der Waals surface area contributed by atoms with Gasteiger partial charge in [-0.25, -0.2) is 4.79 Å². The third-order valence-electron chi connectivity index (χ3n) is 4.82. The van der Waals surface area contributed by atoms with E-state index in [2.05, 4.69) is 10.6 Å². The maximum absolute atomic E-state index is 11.6. The number of aliphatic hydroxyl groups excluding tert-OH is 3. The van der Waals surface area contributed by atoms with E-state index in [1.54, 1.807) is 6.92 Å². The number of ether oxygens (including phenoxy) is 3. The molecule has 2 aliphatic rings. The number of carbonyl (C=O) groups excluding carboxylic acids is 2. The van der Waals surface area contributed by atoms with Gasteiger partial charge in [-0.1, -0.05) is 0 Å². The summed E-state index contributed by atoms with van der Waals surface area (Å²) in [5.41, 5.74) is 5.85. The van der Waals surface area contributed by atoms with Crippen molar-refractivity contribution < 1.29 is 49.0 Å². The molecule has 0 aromatic rings. The Morgan fingerprint density at radius 3 is 2.03 bits per heavy atom. The van der Waals surface area contributed by atoms with Crippen LogP contribution in [0.15, 0.2) is 0 Å². The highest BCUT2D eigenvalue weighted by Crippen LogP contribution is 2.28. The quantitative estimate of drug-likeness (QED) is 0.227. The zero-order valence-corrected chi connectivity index (χ0v) is 16.1. The van der Waals surface area contributed by atoms with Crippen LogP contribution in [0.4, 0.5) is 0 Å². The van der Waals surface area contributed by atoms with Gasteiger partial charge in [-0.3, -0.25) is 9.59 Å². The van der Waals surface area contributed by atoms with Crippen LogP contribution < -0.4 is 16.4 Å². The van der Waals surface area contributed by atoms with Crippen molar-refractivity contribution in [3.05, 3.63) is 0 Å². The van der Waals surface area contributed by atoms with Crippen molar-refractivity contribution in [1.82, 2.24) is 10.6 Å². The molecule has 2 heterocycles. The van der Waals surface area contributed by atoms with Crippen LogP contribution in [-0.2, 0) is 28.6 Å². The number of hydrogen-bond donors (Lipinski definition) is 7. The summed E-state index contributed by atoms with van der Waals surface area (Å²) in [6, 6.07) is -3.43. The minimum Gasteiger partial charge on any atom is -0.479 e. The maximum Gasteiger partial charge on any atom is 0.335 e. The lowest BCUT2D eigenvalue weighted by Gasteiger charge is -2.46. The van der Waals surface area contributed by atoms with Gasteiger partial charge in [0, 0.05) is 13.8 Å². The zero-order chi connectivity index (χ0) is 22.0. The second-order valence-corrected chi connectivity index (χ2v) is 7.11. The van der Waals surface area contributed by atoms with E-state index in [4.69, 9.17) is 19.9 Å². The third kappa shape index (κ3) is 5.19. The van der Waals surface area contributed by atoms with Gasteiger partial charge < -0.3 is 51.0 Å². The van der Waals surface area contributed by atoms with Crippen LogP contribution >= 0.6 is 0 Å². The van der Waals surface area contributed by atoms with Crippen LogP contribution in [0.25, 0.3) is 0 Å². The largest absolute Gasteiger partial charge is 0.479 e. The zero-order valence-electron chi connectivity index (χ0n) is 16.1. The molecule has 8 N–H and O–H groups in total. The molecule has 2 amide bonds. The van der Waals surface area contributed by atoms with Gasteiger partial charge in [0.2, 0.25) is 11.8 Å². The molecule has 29 heavy (non-hydrogen) atoms. The van der Waals surface area contributed by atoms with Gasteiger partial charge in [0.25, 0.3) is 0 Å². The fourth-order valence-electron chi connectivity index (χ4n) is 3.33. The molecule has 0 aromatic carbocycles. The Balaban J connectivity index is 2.30. The molecule has 4 unspecified atom stereocenters. The molecule has 2 fully saturated rings. The summed E-state index contributed by atoms with van der Waals surface area (Å²) < 4.78 is 16.2. The van der Waals surface area contributed by atoms with Crippen LogP contribution in [0.2, 0.25) is 0 Å². The van der Waals surface area contributed by atoms with Gasteiger partial charge in [0.15, 0.2) is 18.7 Å². The van der Waals surface area contributed by atoms with Crippen LogP contribution in [-0.4, -0.2) is 99.4 Å². The molecule has 0 aliphatic carbocycles. The normalized spacial score (nSPS) is 42.7. The number of carbonyl (C=O) groups is 3. The van der Waals surface area contributed by atoms with Crippen molar-refractivity contribution in [2.45, 2.75) is 82.0 Å². The average molecular weight is 421 g/mol.